The first-order valence-electron chi connectivity index (χ1n) is 14.2. The van der Waals surface area contributed by atoms with Crippen molar-refractivity contribution in [3.05, 3.63) is 87.3 Å². The number of benzene rings is 3. The lowest BCUT2D eigenvalue weighted by molar-refractivity contribution is 0.0687. The Morgan fingerprint density at radius 3 is 2.21 bits per heavy atom. The van der Waals surface area contributed by atoms with E-state index in [1.807, 2.05) is 40.3 Å². The van der Waals surface area contributed by atoms with Crippen LogP contribution < -0.4 is 19.3 Å². The molecule has 1 saturated carbocycles. The molecule has 1 aromatic heterocycles. The van der Waals surface area contributed by atoms with Crippen molar-refractivity contribution < 1.29 is 14.3 Å². The Hall–Kier alpha value is -4.01. The molecule has 2 atom stereocenters. The number of halogens is 1. The van der Waals surface area contributed by atoms with E-state index in [4.69, 9.17) is 26.2 Å². The van der Waals surface area contributed by atoms with E-state index in [0.717, 1.165) is 51.1 Å². The average molecular weight is 615 g/mol. The summed E-state index contributed by atoms with van der Waals surface area (Å²) in [7, 11) is 11.3. The van der Waals surface area contributed by atoms with Gasteiger partial charge in [-0.25, -0.2) is 5.01 Å². The van der Waals surface area contributed by atoms with E-state index in [2.05, 4.69) is 64.4 Å². The first-order chi connectivity index (χ1) is 20.7. The summed E-state index contributed by atoms with van der Waals surface area (Å²) in [5.74, 6) is 1.03. The summed E-state index contributed by atoms with van der Waals surface area (Å²) in [4.78, 5) is 19.0. The Balaban J connectivity index is 1.43. The number of ether oxygens (including phenoxy) is 2. The van der Waals surface area contributed by atoms with E-state index in [9.17, 15) is 4.79 Å². The summed E-state index contributed by atoms with van der Waals surface area (Å²) in [5, 5.41) is 7.88. The molecule has 0 spiro atoms. The van der Waals surface area contributed by atoms with Gasteiger partial charge < -0.3 is 19.3 Å². The summed E-state index contributed by atoms with van der Waals surface area (Å²) in [6.07, 6.45) is 4.03. The van der Waals surface area contributed by atoms with Gasteiger partial charge in [-0.05, 0) is 72.0 Å². The fraction of sp³-hybridized carbons (Fsp3) is 0.294. The van der Waals surface area contributed by atoms with Crippen LogP contribution in [0.2, 0.25) is 5.02 Å². The molecule has 4 aromatic rings. The highest BCUT2D eigenvalue weighted by Gasteiger charge is 2.46. The normalized spacial score (nSPS) is 18.6. The number of hydrogen-bond donors (Lipinski definition) is 0. The van der Waals surface area contributed by atoms with Crippen molar-refractivity contribution in [1.29, 1.82) is 0 Å². The van der Waals surface area contributed by atoms with Gasteiger partial charge in [0.05, 0.1) is 35.7 Å². The topological polar surface area (TPSA) is 57.6 Å². The van der Waals surface area contributed by atoms with Gasteiger partial charge in [-0.2, -0.15) is 5.10 Å². The third-order valence-corrected chi connectivity index (χ3v) is 10.0. The number of hydrazone groups is 1. The molecule has 2 aliphatic rings. The van der Waals surface area contributed by atoms with Gasteiger partial charge in [0.1, 0.15) is 4.88 Å². The van der Waals surface area contributed by atoms with Gasteiger partial charge in [-0.3, -0.25) is 4.79 Å². The first-order valence-corrected chi connectivity index (χ1v) is 15.4. The van der Waals surface area contributed by atoms with Gasteiger partial charge >= 0.3 is 0 Å². The van der Waals surface area contributed by atoms with Gasteiger partial charge in [-0.1, -0.05) is 35.9 Å². The fourth-order valence-corrected chi connectivity index (χ4v) is 7.57. The second kappa shape index (κ2) is 11.6. The molecule has 0 radical (unpaired) electrons. The number of carbonyl (C=O) groups is 1. The predicted molar refractivity (Wildman–Crippen MR) is 179 cm³/mol. The minimum Gasteiger partial charge on any atom is -0.493 e. The molecule has 3 aromatic carbocycles. The zero-order chi connectivity index (χ0) is 30.4. The Labute approximate surface area is 261 Å². The van der Waals surface area contributed by atoms with Crippen molar-refractivity contribution >= 4 is 62.1 Å². The number of carbonyl (C=O) groups excluding carboxylic acids is 1. The maximum atomic E-state index is 14.4. The number of fused-ring (bicyclic) bond motifs is 2. The van der Waals surface area contributed by atoms with Gasteiger partial charge in [0.15, 0.2) is 11.5 Å². The maximum absolute atomic E-state index is 14.4. The quantitative estimate of drug-likeness (QED) is 0.213. The minimum atomic E-state index is -0.238. The van der Waals surface area contributed by atoms with E-state index in [1.54, 1.807) is 19.2 Å². The monoisotopic (exact) mass is 614 g/mol. The van der Waals surface area contributed by atoms with E-state index >= 15 is 0 Å². The molecule has 6 rings (SSSR count). The minimum absolute atomic E-state index is 0.0873. The summed E-state index contributed by atoms with van der Waals surface area (Å²) < 4.78 is 11.9. The lowest BCUT2D eigenvalue weighted by Crippen LogP contribution is -2.30. The third-order valence-electron chi connectivity index (χ3n) is 8.31. The van der Waals surface area contributed by atoms with Crippen LogP contribution in [0.15, 0.2) is 71.3 Å². The molecule has 9 heteroatoms. The van der Waals surface area contributed by atoms with E-state index < -0.39 is 0 Å². The number of amides is 1. The van der Waals surface area contributed by atoms with Crippen LogP contribution in [0.4, 0.5) is 11.4 Å². The van der Waals surface area contributed by atoms with Crippen molar-refractivity contribution in [2.45, 2.75) is 18.9 Å². The average Bonchev–Trinajstić information content (AvgIpc) is 3.69. The number of hydrogen-bond acceptors (Lipinski definition) is 7. The van der Waals surface area contributed by atoms with Crippen LogP contribution in [-0.4, -0.2) is 59.0 Å². The third kappa shape index (κ3) is 5.12. The molecule has 1 aliphatic heterocycles. The number of rotatable bonds is 7. The summed E-state index contributed by atoms with van der Waals surface area (Å²) in [6, 6.07) is 20.4. The summed E-state index contributed by atoms with van der Waals surface area (Å²) >= 11 is 8.21. The highest BCUT2D eigenvalue weighted by Crippen LogP contribution is 2.49. The molecule has 1 fully saturated rings. The molecule has 0 N–H and O–H groups in total. The van der Waals surface area contributed by atoms with Crippen LogP contribution in [0.1, 0.15) is 39.7 Å². The predicted octanol–water partition coefficient (Wildman–Crippen LogP) is 7.75. The van der Waals surface area contributed by atoms with Crippen molar-refractivity contribution in [3.63, 3.8) is 0 Å². The highest BCUT2D eigenvalue weighted by atomic mass is 35.5. The molecule has 1 amide bonds. The van der Waals surface area contributed by atoms with E-state index in [0.29, 0.717) is 21.4 Å². The molecule has 1 aliphatic carbocycles. The van der Waals surface area contributed by atoms with Crippen LogP contribution in [0, 0.1) is 5.92 Å². The zero-order valence-electron chi connectivity index (χ0n) is 25.2. The van der Waals surface area contributed by atoms with Gasteiger partial charge in [0.2, 0.25) is 0 Å². The largest absolute Gasteiger partial charge is 0.493 e. The molecule has 43 heavy (non-hydrogen) atoms. The van der Waals surface area contributed by atoms with Crippen LogP contribution >= 0.6 is 22.9 Å². The molecular weight excluding hydrogens is 580 g/mol. The van der Waals surface area contributed by atoms with Crippen LogP contribution in [0.5, 0.6) is 11.5 Å². The van der Waals surface area contributed by atoms with Crippen LogP contribution in [-0.2, 0) is 0 Å². The Bertz CT molecular complexity index is 1740. The number of anilines is 2. The molecule has 2 unspecified atom stereocenters. The zero-order valence-corrected chi connectivity index (χ0v) is 26.8. The smallest absolute Gasteiger partial charge is 0.286 e. The van der Waals surface area contributed by atoms with Gasteiger partial charge in [0.25, 0.3) is 5.91 Å². The van der Waals surface area contributed by atoms with Crippen LogP contribution in [0.25, 0.3) is 16.2 Å². The second-order valence-corrected chi connectivity index (χ2v) is 12.7. The molecule has 7 nitrogen and oxygen atoms in total. The summed E-state index contributed by atoms with van der Waals surface area (Å²) in [6.45, 7) is 0. The number of allylic oxidation sites excluding steroid dienone is 1. The fourth-order valence-electron chi connectivity index (χ4n) is 6.02. The lowest BCUT2D eigenvalue weighted by Gasteiger charge is -2.26. The van der Waals surface area contributed by atoms with Gasteiger partial charge in [-0.15, -0.1) is 11.3 Å². The van der Waals surface area contributed by atoms with Gasteiger partial charge in [0, 0.05) is 50.9 Å². The van der Waals surface area contributed by atoms with Crippen molar-refractivity contribution in [3.8, 4) is 11.5 Å². The Morgan fingerprint density at radius 1 is 0.953 bits per heavy atom. The molecule has 2 heterocycles. The molecule has 222 valence electrons. The molecular formula is C34H35ClN4O3S. The first kappa shape index (κ1) is 29.1. The second-order valence-electron chi connectivity index (χ2n) is 11.3. The lowest BCUT2D eigenvalue weighted by atomic mass is 9.90. The SMILES string of the molecule is COc1ccc2c(Cl)c(C(=O)N3N=C4C(=Cc5ccc(N(C)C)cc5)CCC4C3c3ccc(N(C)C)cc3)sc2c1OC. The number of thiophene rings is 1. The highest BCUT2D eigenvalue weighted by molar-refractivity contribution is 7.22. The maximum Gasteiger partial charge on any atom is 0.286 e. The van der Waals surface area contributed by atoms with Crippen LogP contribution in [0.3, 0.4) is 0 Å². The van der Waals surface area contributed by atoms with Crippen molar-refractivity contribution in [2.24, 2.45) is 11.0 Å². The van der Waals surface area contributed by atoms with Crippen molar-refractivity contribution in [1.82, 2.24) is 5.01 Å². The Morgan fingerprint density at radius 2 is 1.60 bits per heavy atom. The standard InChI is InChI=1S/C34H35ClN4O3S/c1-37(2)23-12-7-20(8-13-23)19-22-11-16-26-29(22)36-39(30(26)21-9-14-24(15-10-21)38(3)4)34(40)33-28(35)25-17-18-27(41-5)31(42-6)32(25)43-33/h7-10,12-15,17-19,26,30H,11,16H2,1-6H3. The van der Waals surface area contributed by atoms with Crippen molar-refractivity contribution in [2.75, 3.05) is 52.2 Å². The number of nitrogens with zero attached hydrogens (tertiary/aromatic N) is 4. The summed E-state index contributed by atoms with van der Waals surface area (Å²) in [5.41, 5.74) is 6.56. The van der Waals surface area contributed by atoms with E-state index in [-0.39, 0.29) is 17.9 Å². The molecule has 0 saturated heterocycles. The Kier molecular flexibility index (Phi) is 7.83. The molecule has 0 bridgehead atoms. The number of methoxy groups -OCH3 is 2. The van der Waals surface area contributed by atoms with E-state index in [1.165, 1.54) is 16.9 Å².